The fourth-order valence-corrected chi connectivity index (χ4v) is 1.68. The van der Waals surface area contributed by atoms with Crippen LogP contribution in [0.25, 0.3) is 0 Å². The van der Waals surface area contributed by atoms with Gasteiger partial charge in [-0.05, 0) is 30.9 Å². The summed E-state index contributed by atoms with van der Waals surface area (Å²) in [6.07, 6.45) is 1.38. The van der Waals surface area contributed by atoms with Gasteiger partial charge in [-0.25, -0.2) is 9.18 Å². The van der Waals surface area contributed by atoms with Crippen LogP contribution in [0.2, 0.25) is 0 Å². The number of carbonyl (C=O) groups is 2. The summed E-state index contributed by atoms with van der Waals surface area (Å²) in [6, 6.07) is 5.45. The Morgan fingerprint density at radius 2 is 2.00 bits per heavy atom. The molecule has 2 amide bonds. The molecule has 1 atom stereocenters. The SMILES string of the molecule is CC(CCNC(=O)Nc1ccccc1F)CCC(=O)O. The van der Waals surface area contributed by atoms with Crippen molar-refractivity contribution in [3.8, 4) is 0 Å². The molecule has 0 bridgehead atoms. The van der Waals surface area contributed by atoms with E-state index in [9.17, 15) is 14.0 Å². The van der Waals surface area contributed by atoms with Gasteiger partial charge >= 0.3 is 12.0 Å². The lowest BCUT2D eigenvalue weighted by atomic mass is 10.0. The fraction of sp³-hybridized carbons (Fsp3) is 0.429. The van der Waals surface area contributed by atoms with Crippen LogP contribution in [0, 0.1) is 11.7 Å². The lowest BCUT2D eigenvalue weighted by Gasteiger charge is -2.11. The summed E-state index contributed by atoms with van der Waals surface area (Å²) in [5.41, 5.74) is 0.129. The second-order valence-electron chi connectivity index (χ2n) is 4.69. The average molecular weight is 282 g/mol. The molecule has 1 unspecified atom stereocenters. The number of hydrogen-bond donors (Lipinski definition) is 3. The summed E-state index contributed by atoms with van der Waals surface area (Å²) in [5.74, 6) is -1.10. The topological polar surface area (TPSA) is 78.4 Å². The first kappa shape index (κ1) is 15.9. The zero-order valence-electron chi connectivity index (χ0n) is 11.4. The maximum absolute atomic E-state index is 13.3. The number of carboxylic acids is 1. The number of benzene rings is 1. The van der Waals surface area contributed by atoms with Gasteiger partial charge in [-0.15, -0.1) is 0 Å². The highest BCUT2D eigenvalue weighted by molar-refractivity contribution is 5.89. The normalized spacial score (nSPS) is 11.7. The molecule has 0 saturated carbocycles. The van der Waals surface area contributed by atoms with Gasteiger partial charge in [0.1, 0.15) is 5.82 Å². The Kier molecular flexibility index (Phi) is 6.49. The molecule has 0 aliphatic carbocycles. The van der Waals surface area contributed by atoms with Crippen LogP contribution in [0.15, 0.2) is 24.3 Å². The van der Waals surface area contributed by atoms with E-state index in [4.69, 9.17) is 5.11 Å². The molecule has 0 spiro atoms. The van der Waals surface area contributed by atoms with E-state index in [2.05, 4.69) is 10.6 Å². The number of rotatable bonds is 7. The zero-order valence-corrected chi connectivity index (χ0v) is 11.4. The van der Waals surface area contributed by atoms with E-state index in [-0.39, 0.29) is 18.0 Å². The van der Waals surface area contributed by atoms with Gasteiger partial charge in [-0.1, -0.05) is 19.1 Å². The van der Waals surface area contributed by atoms with Crippen LogP contribution < -0.4 is 10.6 Å². The second-order valence-corrected chi connectivity index (χ2v) is 4.69. The maximum Gasteiger partial charge on any atom is 0.319 e. The first-order chi connectivity index (χ1) is 9.49. The van der Waals surface area contributed by atoms with Crippen molar-refractivity contribution in [2.24, 2.45) is 5.92 Å². The highest BCUT2D eigenvalue weighted by atomic mass is 19.1. The fourth-order valence-electron chi connectivity index (χ4n) is 1.68. The van der Waals surface area contributed by atoms with E-state index in [1.54, 1.807) is 12.1 Å². The summed E-state index contributed by atoms with van der Waals surface area (Å²) < 4.78 is 13.3. The monoisotopic (exact) mass is 282 g/mol. The number of aliphatic carboxylic acids is 1. The molecule has 3 N–H and O–H groups in total. The minimum Gasteiger partial charge on any atom is -0.481 e. The van der Waals surface area contributed by atoms with E-state index in [0.29, 0.717) is 19.4 Å². The molecular weight excluding hydrogens is 263 g/mol. The molecule has 1 aromatic rings. The van der Waals surface area contributed by atoms with Crippen molar-refractivity contribution in [3.05, 3.63) is 30.1 Å². The van der Waals surface area contributed by atoms with Crippen molar-refractivity contribution in [2.75, 3.05) is 11.9 Å². The van der Waals surface area contributed by atoms with Crippen LogP contribution >= 0.6 is 0 Å². The number of hydrogen-bond acceptors (Lipinski definition) is 2. The quantitative estimate of drug-likeness (QED) is 0.719. The first-order valence-corrected chi connectivity index (χ1v) is 6.50. The summed E-state index contributed by atoms with van der Waals surface area (Å²) in [6.45, 7) is 2.35. The molecule has 20 heavy (non-hydrogen) atoms. The minimum atomic E-state index is -0.817. The van der Waals surface area contributed by atoms with Crippen molar-refractivity contribution in [1.82, 2.24) is 5.32 Å². The van der Waals surface area contributed by atoms with Gasteiger partial charge in [-0.2, -0.15) is 0 Å². The van der Waals surface area contributed by atoms with Gasteiger partial charge in [0.05, 0.1) is 5.69 Å². The number of halogens is 1. The first-order valence-electron chi connectivity index (χ1n) is 6.50. The molecule has 1 aromatic carbocycles. The minimum absolute atomic E-state index is 0.128. The Bertz CT molecular complexity index is 465. The Balaban J connectivity index is 2.24. The average Bonchev–Trinajstić information content (AvgIpc) is 2.39. The van der Waals surface area contributed by atoms with E-state index in [1.807, 2.05) is 6.92 Å². The van der Waals surface area contributed by atoms with Crippen LogP contribution in [0.1, 0.15) is 26.2 Å². The standard InChI is InChI=1S/C14H19FN2O3/c1-10(6-7-13(18)19)8-9-16-14(20)17-12-5-3-2-4-11(12)15/h2-5,10H,6-9H2,1H3,(H,18,19)(H2,16,17,20). The number of nitrogens with one attached hydrogen (secondary N) is 2. The Labute approximate surface area is 117 Å². The molecule has 0 saturated heterocycles. The van der Waals surface area contributed by atoms with Gasteiger partial charge in [0.2, 0.25) is 0 Å². The second kappa shape index (κ2) is 8.14. The largest absolute Gasteiger partial charge is 0.481 e. The number of carbonyl (C=O) groups excluding carboxylic acids is 1. The molecule has 0 heterocycles. The molecule has 0 aliphatic rings. The highest BCUT2D eigenvalue weighted by Crippen LogP contribution is 2.12. The number of urea groups is 1. The molecule has 6 heteroatoms. The molecule has 1 rings (SSSR count). The molecular formula is C14H19FN2O3. The van der Waals surface area contributed by atoms with Crippen LogP contribution in [-0.4, -0.2) is 23.7 Å². The van der Waals surface area contributed by atoms with Crippen LogP contribution in [0.5, 0.6) is 0 Å². The molecule has 0 radical (unpaired) electrons. The number of carboxylic acid groups (broad SMARTS) is 1. The smallest absolute Gasteiger partial charge is 0.319 e. The summed E-state index contributed by atoms with van der Waals surface area (Å²) in [4.78, 5) is 21.9. The molecule has 0 aromatic heterocycles. The van der Waals surface area contributed by atoms with E-state index in [1.165, 1.54) is 12.1 Å². The number of anilines is 1. The Morgan fingerprint density at radius 3 is 2.65 bits per heavy atom. The van der Waals surface area contributed by atoms with Crippen molar-refractivity contribution < 1.29 is 19.1 Å². The van der Waals surface area contributed by atoms with Crippen LogP contribution in [0.4, 0.5) is 14.9 Å². The molecule has 5 nitrogen and oxygen atoms in total. The maximum atomic E-state index is 13.3. The van der Waals surface area contributed by atoms with Gasteiger partial charge < -0.3 is 15.7 Å². The predicted molar refractivity (Wildman–Crippen MR) is 74.1 cm³/mol. The summed E-state index contributed by atoms with van der Waals surface area (Å²) >= 11 is 0. The van der Waals surface area contributed by atoms with Crippen molar-refractivity contribution in [2.45, 2.75) is 26.2 Å². The number of amides is 2. The zero-order chi connectivity index (χ0) is 15.0. The van der Waals surface area contributed by atoms with E-state index >= 15 is 0 Å². The van der Waals surface area contributed by atoms with Gasteiger partial charge in [0.25, 0.3) is 0 Å². The van der Waals surface area contributed by atoms with Gasteiger partial charge in [-0.3, -0.25) is 4.79 Å². The third-order valence-corrected chi connectivity index (χ3v) is 2.90. The third kappa shape index (κ3) is 6.17. The summed E-state index contributed by atoms with van der Waals surface area (Å²) in [5, 5.41) is 13.6. The van der Waals surface area contributed by atoms with Crippen molar-refractivity contribution in [3.63, 3.8) is 0 Å². The van der Waals surface area contributed by atoms with E-state index in [0.717, 1.165) is 0 Å². The predicted octanol–water partition coefficient (Wildman–Crippen LogP) is 2.84. The lowest BCUT2D eigenvalue weighted by Crippen LogP contribution is -2.30. The Hall–Kier alpha value is -2.11. The van der Waals surface area contributed by atoms with Crippen molar-refractivity contribution in [1.29, 1.82) is 0 Å². The van der Waals surface area contributed by atoms with Gasteiger partial charge in [0.15, 0.2) is 0 Å². The highest BCUT2D eigenvalue weighted by Gasteiger charge is 2.08. The van der Waals surface area contributed by atoms with Gasteiger partial charge in [0, 0.05) is 13.0 Å². The third-order valence-electron chi connectivity index (χ3n) is 2.90. The lowest BCUT2D eigenvalue weighted by molar-refractivity contribution is -0.137. The molecule has 110 valence electrons. The number of para-hydroxylation sites is 1. The van der Waals surface area contributed by atoms with Crippen LogP contribution in [0.3, 0.4) is 0 Å². The Morgan fingerprint density at radius 1 is 1.30 bits per heavy atom. The molecule has 0 aliphatic heterocycles. The van der Waals surface area contributed by atoms with Crippen molar-refractivity contribution >= 4 is 17.7 Å². The summed E-state index contributed by atoms with van der Waals surface area (Å²) in [7, 11) is 0. The van der Waals surface area contributed by atoms with Crippen LogP contribution in [-0.2, 0) is 4.79 Å². The van der Waals surface area contributed by atoms with E-state index < -0.39 is 17.8 Å². The molecule has 0 fully saturated rings.